The molecule has 4 aromatic rings. The Kier molecular flexibility index (Phi) is 6.88. The van der Waals surface area contributed by atoms with E-state index in [0.717, 1.165) is 29.7 Å². The zero-order valence-electron chi connectivity index (χ0n) is 21.4. The van der Waals surface area contributed by atoms with Crippen molar-refractivity contribution < 1.29 is 19.4 Å². The van der Waals surface area contributed by atoms with E-state index < -0.39 is 17.9 Å². The van der Waals surface area contributed by atoms with Crippen molar-refractivity contribution in [1.29, 1.82) is 5.26 Å². The standard InChI is InChI=1S/C26H28FN9O3/c1-26(2,39)24(27)14-35-13-22(33-34-35)19-12-29-21(23-4-3-18-7-16(9-28)11-31-36(18)23)8-20(19)32-17-5-15(6-17)10-30-25(37)38/h3-4,7-8,11-13,15,17,24,30,39H,5-6,10,14H2,1-2H3,(H,29,32)(H,37,38). The molecule has 202 valence electrons. The maximum absolute atomic E-state index is 14.4. The third-order valence-electron chi connectivity index (χ3n) is 6.86. The van der Waals surface area contributed by atoms with E-state index in [-0.39, 0.29) is 18.5 Å². The summed E-state index contributed by atoms with van der Waals surface area (Å²) in [6.07, 6.45) is 3.77. The van der Waals surface area contributed by atoms with Gasteiger partial charge in [-0.05, 0) is 56.9 Å². The molecular weight excluding hydrogens is 505 g/mol. The highest BCUT2D eigenvalue weighted by Crippen LogP contribution is 2.35. The summed E-state index contributed by atoms with van der Waals surface area (Å²) in [5, 5.41) is 46.6. The van der Waals surface area contributed by atoms with Gasteiger partial charge in [-0.1, -0.05) is 5.21 Å². The summed E-state index contributed by atoms with van der Waals surface area (Å²) in [7, 11) is 0. The molecule has 1 aliphatic carbocycles. The maximum Gasteiger partial charge on any atom is 0.404 e. The van der Waals surface area contributed by atoms with E-state index in [2.05, 4.69) is 37.1 Å². The largest absolute Gasteiger partial charge is 0.465 e. The molecule has 1 aliphatic rings. The topological polar surface area (TPSA) is 166 Å². The van der Waals surface area contributed by atoms with Gasteiger partial charge in [0, 0.05) is 30.0 Å². The number of carboxylic acid groups (broad SMARTS) is 1. The summed E-state index contributed by atoms with van der Waals surface area (Å²) in [5.74, 6) is 0.237. The molecule has 39 heavy (non-hydrogen) atoms. The monoisotopic (exact) mass is 533 g/mol. The van der Waals surface area contributed by atoms with E-state index >= 15 is 0 Å². The van der Waals surface area contributed by atoms with Gasteiger partial charge in [0.15, 0.2) is 0 Å². The molecule has 1 atom stereocenters. The highest BCUT2D eigenvalue weighted by molar-refractivity contribution is 5.79. The molecule has 0 spiro atoms. The van der Waals surface area contributed by atoms with E-state index in [4.69, 9.17) is 5.11 Å². The molecule has 0 aromatic carbocycles. The highest BCUT2D eigenvalue weighted by Gasteiger charge is 2.31. The SMILES string of the molecule is CC(C)(O)C(F)Cn1cc(-c2cnc(-c3ccc4cc(C#N)cnn34)cc2NC2CC(CNC(=O)O)C2)nn1. The van der Waals surface area contributed by atoms with Crippen LogP contribution in [0.3, 0.4) is 0 Å². The Balaban J connectivity index is 1.44. The number of carbonyl (C=O) groups is 1. The molecule has 1 fully saturated rings. The van der Waals surface area contributed by atoms with Gasteiger partial charge >= 0.3 is 6.09 Å². The number of aromatic nitrogens is 6. The summed E-state index contributed by atoms with van der Waals surface area (Å²) in [6, 6.07) is 9.56. The number of hydrogen-bond acceptors (Lipinski definition) is 8. The number of rotatable bonds is 9. The number of nitrogens with zero attached hydrogens (tertiary/aromatic N) is 7. The minimum Gasteiger partial charge on any atom is -0.465 e. The summed E-state index contributed by atoms with van der Waals surface area (Å²) in [4.78, 5) is 15.5. The molecule has 1 amide bonds. The number of aliphatic hydroxyl groups is 1. The number of halogens is 1. The van der Waals surface area contributed by atoms with E-state index in [1.54, 1.807) is 23.0 Å². The average Bonchev–Trinajstić information content (AvgIpc) is 3.51. The molecule has 1 unspecified atom stereocenters. The number of amides is 1. The first-order valence-electron chi connectivity index (χ1n) is 12.5. The Morgan fingerprint density at radius 1 is 1.28 bits per heavy atom. The van der Waals surface area contributed by atoms with E-state index in [1.165, 1.54) is 24.7 Å². The Morgan fingerprint density at radius 2 is 2.08 bits per heavy atom. The van der Waals surface area contributed by atoms with Crippen LogP contribution in [-0.4, -0.2) is 70.3 Å². The predicted molar refractivity (Wildman–Crippen MR) is 140 cm³/mol. The molecule has 5 rings (SSSR count). The van der Waals surface area contributed by atoms with Crippen molar-refractivity contribution in [3.05, 3.63) is 48.4 Å². The first kappa shape index (κ1) is 26.1. The molecule has 13 heteroatoms. The summed E-state index contributed by atoms with van der Waals surface area (Å²) in [5.41, 5.74) is 2.96. The summed E-state index contributed by atoms with van der Waals surface area (Å²) >= 11 is 0. The predicted octanol–water partition coefficient (Wildman–Crippen LogP) is 3.09. The fraction of sp³-hybridized carbons (Fsp3) is 0.385. The Morgan fingerprint density at radius 3 is 2.79 bits per heavy atom. The number of anilines is 1. The van der Waals surface area contributed by atoms with Crippen molar-refractivity contribution in [3.63, 3.8) is 0 Å². The van der Waals surface area contributed by atoms with Crippen molar-refractivity contribution >= 4 is 17.3 Å². The molecule has 0 aliphatic heterocycles. The normalized spacial score (nSPS) is 17.8. The van der Waals surface area contributed by atoms with Crippen LogP contribution in [0.25, 0.3) is 28.2 Å². The minimum atomic E-state index is -1.53. The van der Waals surface area contributed by atoms with E-state index in [0.29, 0.717) is 29.1 Å². The maximum atomic E-state index is 14.4. The lowest BCUT2D eigenvalue weighted by Gasteiger charge is -2.36. The Bertz CT molecular complexity index is 1550. The van der Waals surface area contributed by atoms with Crippen LogP contribution in [-0.2, 0) is 6.54 Å². The zero-order chi connectivity index (χ0) is 27.7. The Labute approximate surface area is 223 Å². The number of nitriles is 1. The smallest absolute Gasteiger partial charge is 0.404 e. The first-order valence-corrected chi connectivity index (χ1v) is 12.5. The molecule has 0 saturated heterocycles. The van der Waals surface area contributed by atoms with Crippen molar-refractivity contribution in [2.75, 3.05) is 11.9 Å². The van der Waals surface area contributed by atoms with Crippen LogP contribution in [0, 0.1) is 17.2 Å². The molecule has 0 radical (unpaired) electrons. The van der Waals surface area contributed by atoms with Gasteiger partial charge in [0.2, 0.25) is 0 Å². The molecular formula is C26H28FN9O3. The summed E-state index contributed by atoms with van der Waals surface area (Å²) in [6.45, 7) is 3.05. The quantitative estimate of drug-likeness (QED) is 0.253. The minimum absolute atomic E-state index is 0.112. The third kappa shape index (κ3) is 5.65. The van der Waals surface area contributed by atoms with Crippen molar-refractivity contribution in [1.82, 2.24) is 34.9 Å². The van der Waals surface area contributed by atoms with Crippen LogP contribution >= 0.6 is 0 Å². The number of pyridine rings is 1. The zero-order valence-corrected chi connectivity index (χ0v) is 21.4. The van der Waals surface area contributed by atoms with E-state index in [9.17, 15) is 19.6 Å². The second-order valence-corrected chi connectivity index (χ2v) is 10.3. The van der Waals surface area contributed by atoms with Crippen LogP contribution in [0.2, 0.25) is 0 Å². The first-order chi connectivity index (χ1) is 18.6. The number of nitrogens with one attached hydrogen (secondary N) is 2. The van der Waals surface area contributed by atoms with Gasteiger partial charge in [-0.25, -0.2) is 18.4 Å². The molecule has 4 N–H and O–H groups in total. The van der Waals surface area contributed by atoms with Crippen LogP contribution in [0.15, 0.2) is 42.9 Å². The van der Waals surface area contributed by atoms with Gasteiger partial charge in [0.05, 0.1) is 47.0 Å². The van der Waals surface area contributed by atoms with Gasteiger partial charge in [0.25, 0.3) is 0 Å². The molecule has 12 nitrogen and oxygen atoms in total. The van der Waals surface area contributed by atoms with Gasteiger partial charge < -0.3 is 20.8 Å². The molecule has 1 saturated carbocycles. The molecule has 0 bridgehead atoms. The van der Waals surface area contributed by atoms with Gasteiger partial charge in [0.1, 0.15) is 17.9 Å². The average molecular weight is 534 g/mol. The van der Waals surface area contributed by atoms with Crippen LogP contribution < -0.4 is 10.6 Å². The van der Waals surface area contributed by atoms with E-state index in [1.807, 2.05) is 18.2 Å². The molecule has 4 aromatic heterocycles. The molecule has 4 heterocycles. The third-order valence-corrected chi connectivity index (χ3v) is 6.86. The van der Waals surface area contributed by atoms with Crippen molar-refractivity contribution in [2.45, 2.75) is 51.0 Å². The number of hydrogen-bond donors (Lipinski definition) is 4. The lowest BCUT2D eigenvalue weighted by molar-refractivity contribution is -0.0120. The lowest BCUT2D eigenvalue weighted by atomic mass is 9.80. The summed E-state index contributed by atoms with van der Waals surface area (Å²) < 4.78 is 17.5. The van der Waals surface area contributed by atoms with Crippen LogP contribution in [0.4, 0.5) is 14.9 Å². The Hall–Kier alpha value is -4.57. The van der Waals surface area contributed by atoms with Crippen molar-refractivity contribution in [2.24, 2.45) is 5.92 Å². The van der Waals surface area contributed by atoms with Crippen molar-refractivity contribution in [3.8, 4) is 28.7 Å². The fourth-order valence-corrected chi connectivity index (χ4v) is 4.54. The lowest BCUT2D eigenvalue weighted by Crippen LogP contribution is -2.41. The second kappa shape index (κ2) is 10.3. The fourth-order valence-electron chi connectivity index (χ4n) is 4.54. The van der Waals surface area contributed by atoms with Gasteiger partial charge in [-0.15, -0.1) is 5.10 Å². The second-order valence-electron chi connectivity index (χ2n) is 10.3. The van der Waals surface area contributed by atoms with Gasteiger partial charge in [-0.2, -0.15) is 10.4 Å². The highest BCUT2D eigenvalue weighted by atomic mass is 19.1. The van der Waals surface area contributed by atoms with Crippen LogP contribution in [0.5, 0.6) is 0 Å². The van der Waals surface area contributed by atoms with Gasteiger partial charge in [-0.3, -0.25) is 4.98 Å². The number of fused-ring (bicyclic) bond motifs is 1. The van der Waals surface area contributed by atoms with Crippen LogP contribution in [0.1, 0.15) is 32.3 Å². The number of alkyl halides is 1.